The zero-order valence-electron chi connectivity index (χ0n) is 12.4. The fourth-order valence-electron chi connectivity index (χ4n) is 1.76. The van der Waals surface area contributed by atoms with Crippen LogP contribution in [-0.4, -0.2) is 40.3 Å². The number of carboxylic acid groups (broad SMARTS) is 1. The van der Waals surface area contributed by atoms with Crippen molar-refractivity contribution in [2.45, 2.75) is 33.1 Å². The monoisotopic (exact) mass is 294 g/mol. The van der Waals surface area contributed by atoms with E-state index in [0.29, 0.717) is 31.2 Å². The number of amides is 1. The first-order valence-corrected chi connectivity index (χ1v) is 7.10. The fraction of sp³-hybridized carbons (Fsp3) is 0.571. The summed E-state index contributed by atoms with van der Waals surface area (Å²) in [5.41, 5.74) is 0.289. The molecule has 1 unspecified atom stereocenters. The lowest BCUT2D eigenvalue weighted by Gasteiger charge is -2.11. The summed E-state index contributed by atoms with van der Waals surface area (Å²) in [6.07, 6.45) is 1.72. The topological polar surface area (TPSA) is 104 Å². The molecule has 7 nitrogen and oxygen atoms in total. The third-order valence-corrected chi connectivity index (χ3v) is 3.03. The van der Waals surface area contributed by atoms with Crippen molar-refractivity contribution in [3.05, 3.63) is 17.8 Å². The van der Waals surface area contributed by atoms with Crippen molar-refractivity contribution in [2.75, 3.05) is 18.4 Å². The molecule has 0 aliphatic heterocycles. The van der Waals surface area contributed by atoms with Crippen molar-refractivity contribution in [2.24, 2.45) is 5.92 Å². The first kappa shape index (κ1) is 16.9. The van der Waals surface area contributed by atoms with Crippen LogP contribution in [0.3, 0.4) is 0 Å². The summed E-state index contributed by atoms with van der Waals surface area (Å²) in [5.74, 6) is -0.0647. The molecule has 116 valence electrons. The average molecular weight is 294 g/mol. The largest absolute Gasteiger partial charge is 0.481 e. The van der Waals surface area contributed by atoms with Gasteiger partial charge >= 0.3 is 5.97 Å². The van der Waals surface area contributed by atoms with E-state index in [9.17, 15) is 9.59 Å². The zero-order valence-corrected chi connectivity index (χ0v) is 12.4. The number of hydrogen-bond acceptors (Lipinski definition) is 5. The SMILES string of the molecule is CCNC(=O)c1ccc(NCCC(C)CCC(=O)O)nn1. The molecule has 1 aromatic rings. The third kappa shape index (κ3) is 6.69. The molecule has 0 radical (unpaired) electrons. The summed E-state index contributed by atoms with van der Waals surface area (Å²) >= 11 is 0. The smallest absolute Gasteiger partial charge is 0.303 e. The van der Waals surface area contributed by atoms with E-state index in [2.05, 4.69) is 20.8 Å². The van der Waals surface area contributed by atoms with Crippen molar-refractivity contribution in [1.82, 2.24) is 15.5 Å². The average Bonchev–Trinajstić information content (AvgIpc) is 2.46. The zero-order chi connectivity index (χ0) is 15.7. The van der Waals surface area contributed by atoms with Crippen molar-refractivity contribution >= 4 is 17.7 Å². The van der Waals surface area contributed by atoms with Crippen LogP contribution in [-0.2, 0) is 4.79 Å². The number of nitrogens with one attached hydrogen (secondary N) is 2. The van der Waals surface area contributed by atoms with Gasteiger partial charge in [0.1, 0.15) is 5.82 Å². The van der Waals surface area contributed by atoms with Crippen LogP contribution in [0.5, 0.6) is 0 Å². The first-order valence-electron chi connectivity index (χ1n) is 7.10. The number of nitrogens with zero attached hydrogens (tertiary/aromatic N) is 2. The molecule has 1 atom stereocenters. The molecule has 0 saturated carbocycles. The highest BCUT2D eigenvalue weighted by Crippen LogP contribution is 2.11. The van der Waals surface area contributed by atoms with E-state index in [4.69, 9.17) is 5.11 Å². The number of carbonyl (C=O) groups is 2. The highest BCUT2D eigenvalue weighted by Gasteiger charge is 2.07. The lowest BCUT2D eigenvalue weighted by Crippen LogP contribution is -2.24. The Hall–Kier alpha value is -2.18. The van der Waals surface area contributed by atoms with E-state index in [1.165, 1.54) is 0 Å². The molecule has 0 aliphatic carbocycles. The van der Waals surface area contributed by atoms with Gasteiger partial charge in [0.15, 0.2) is 5.69 Å². The Balaban J connectivity index is 2.32. The van der Waals surface area contributed by atoms with Gasteiger partial charge in [-0.1, -0.05) is 6.92 Å². The molecule has 7 heteroatoms. The van der Waals surface area contributed by atoms with Gasteiger partial charge in [-0.15, -0.1) is 10.2 Å². The Labute approximate surface area is 124 Å². The number of carbonyl (C=O) groups excluding carboxylic acids is 1. The normalized spacial score (nSPS) is 11.7. The summed E-state index contributed by atoms with van der Waals surface area (Å²) in [7, 11) is 0. The van der Waals surface area contributed by atoms with Crippen molar-refractivity contribution in [3.63, 3.8) is 0 Å². The van der Waals surface area contributed by atoms with Crippen molar-refractivity contribution < 1.29 is 14.7 Å². The fourth-order valence-corrected chi connectivity index (χ4v) is 1.76. The van der Waals surface area contributed by atoms with Gasteiger partial charge < -0.3 is 15.7 Å². The van der Waals surface area contributed by atoms with Crippen LogP contribution >= 0.6 is 0 Å². The van der Waals surface area contributed by atoms with Gasteiger partial charge in [-0.25, -0.2) is 0 Å². The number of aromatic nitrogens is 2. The summed E-state index contributed by atoms with van der Waals surface area (Å²) in [6, 6.07) is 3.33. The molecule has 0 saturated heterocycles. The Morgan fingerprint density at radius 1 is 1.29 bits per heavy atom. The third-order valence-electron chi connectivity index (χ3n) is 3.03. The number of anilines is 1. The van der Waals surface area contributed by atoms with Gasteiger partial charge in [0.05, 0.1) is 0 Å². The molecule has 0 bridgehead atoms. The minimum absolute atomic E-state index is 0.197. The Morgan fingerprint density at radius 2 is 2.05 bits per heavy atom. The second-order valence-corrected chi connectivity index (χ2v) is 4.92. The van der Waals surface area contributed by atoms with Gasteiger partial charge in [0.25, 0.3) is 5.91 Å². The maximum atomic E-state index is 11.5. The Kier molecular flexibility index (Phi) is 7.14. The van der Waals surface area contributed by atoms with E-state index in [0.717, 1.165) is 6.42 Å². The van der Waals surface area contributed by atoms with Crippen molar-refractivity contribution in [3.8, 4) is 0 Å². The summed E-state index contributed by atoms with van der Waals surface area (Å²) < 4.78 is 0. The summed E-state index contributed by atoms with van der Waals surface area (Å²) in [4.78, 5) is 22.0. The highest BCUT2D eigenvalue weighted by atomic mass is 16.4. The molecule has 0 spiro atoms. The molecule has 1 amide bonds. The molecule has 0 aliphatic rings. The number of hydrogen-bond donors (Lipinski definition) is 3. The van der Waals surface area contributed by atoms with E-state index < -0.39 is 5.97 Å². The van der Waals surface area contributed by atoms with Gasteiger partial charge in [-0.3, -0.25) is 9.59 Å². The quantitative estimate of drug-likeness (QED) is 0.638. The van der Waals surface area contributed by atoms with Crippen LogP contribution in [0.2, 0.25) is 0 Å². The van der Waals surface area contributed by atoms with E-state index >= 15 is 0 Å². The lowest BCUT2D eigenvalue weighted by atomic mass is 10.0. The molecular weight excluding hydrogens is 272 g/mol. The number of rotatable bonds is 9. The van der Waals surface area contributed by atoms with Crippen LogP contribution in [0, 0.1) is 5.92 Å². The van der Waals surface area contributed by atoms with Crippen LogP contribution in [0.1, 0.15) is 43.6 Å². The molecule has 3 N–H and O–H groups in total. The second kappa shape index (κ2) is 8.89. The van der Waals surface area contributed by atoms with Crippen molar-refractivity contribution in [1.29, 1.82) is 0 Å². The van der Waals surface area contributed by atoms with E-state index in [1.54, 1.807) is 12.1 Å². The molecular formula is C14H22N4O3. The Morgan fingerprint density at radius 3 is 2.62 bits per heavy atom. The molecule has 1 rings (SSSR count). The highest BCUT2D eigenvalue weighted by molar-refractivity contribution is 5.92. The first-order chi connectivity index (χ1) is 10.0. The maximum Gasteiger partial charge on any atom is 0.303 e. The minimum Gasteiger partial charge on any atom is -0.481 e. The van der Waals surface area contributed by atoms with Gasteiger partial charge in [0, 0.05) is 19.5 Å². The standard InChI is InChI=1S/C14H22N4O3/c1-3-15-14(21)11-5-6-12(18-17-11)16-9-8-10(2)4-7-13(19)20/h5-6,10H,3-4,7-9H2,1-2H3,(H,15,21)(H,16,18)(H,19,20). The lowest BCUT2D eigenvalue weighted by molar-refractivity contribution is -0.137. The van der Waals surface area contributed by atoms with Crippen LogP contribution in [0.25, 0.3) is 0 Å². The van der Waals surface area contributed by atoms with Gasteiger partial charge in [-0.05, 0) is 37.8 Å². The predicted molar refractivity (Wildman–Crippen MR) is 79.2 cm³/mol. The van der Waals surface area contributed by atoms with E-state index in [1.807, 2.05) is 13.8 Å². The Bertz CT molecular complexity index is 462. The maximum absolute atomic E-state index is 11.5. The van der Waals surface area contributed by atoms with Gasteiger partial charge in [0.2, 0.25) is 0 Å². The van der Waals surface area contributed by atoms with Gasteiger partial charge in [-0.2, -0.15) is 0 Å². The van der Waals surface area contributed by atoms with Crippen LogP contribution in [0.15, 0.2) is 12.1 Å². The summed E-state index contributed by atoms with van der Waals surface area (Å²) in [5, 5.41) is 22.2. The molecule has 1 aromatic heterocycles. The molecule has 0 aromatic carbocycles. The molecule has 1 heterocycles. The van der Waals surface area contributed by atoms with E-state index in [-0.39, 0.29) is 18.0 Å². The molecule has 21 heavy (non-hydrogen) atoms. The predicted octanol–water partition coefficient (Wildman–Crippen LogP) is 1.53. The van der Waals surface area contributed by atoms with Crippen LogP contribution < -0.4 is 10.6 Å². The van der Waals surface area contributed by atoms with Crippen LogP contribution in [0.4, 0.5) is 5.82 Å². The minimum atomic E-state index is -0.762. The second-order valence-electron chi connectivity index (χ2n) is 4.92. The number of carboxylic acids is 1. The number of aliphatic carboxylic acids is 1. The summed E-state index contributed by atoms with van der Waals surface area (Å²) in [6.45, 7) is 5.10. The molecule has 0 fully saturated rings.